The average molecular weight is 259 g/mol. The number of aromatic nitrogens is 2. The van der Waals surface area contributed by atoms with Crippen molar-refractivity contribution >= 4 is 11.5 Å². The first-order chi connectivity index (χ1) is 9.01. The Kier molecular flexibility index (Phi) is 2.35. The van der Waals surface area contributed by atoms with E-state index < -0.39 is 11.4 Å². The molecule has 0 radical (unpaired) electrons. The van der Waals surface area contributed by atoms with Gasteiger partial charge in [-0.1, -0.05) is 17.3 Å². The molecule has 1 aromatic heterocycles. The topological polar surface area (TPSA) is 77.1 Å². The van der Waals surface area contributed by atoms with Crippen LogP contribution in [0.3, 0.4) is 0 Å². The Morgan fingerprint density at radius 2 is 2.21 bits per heavy atom. The molecule has 1 aromatic carbocycles. The molecule has 2 heterocycles. The van der Waals surface area contributed by atoms with Gasteiger partial charge in [-0.05, 0) is 26.0 Å². The van der Waals surface area contributed by atoms with Gasteiger partial charge in [-0.3, -0.25) is 9.32 Å². The molecule has 0 saturated heterocycles. The van der Waals surface area contributed by atoms with E-state index in [2.05, 4.69) is 10.5 Å². The summed E-state index contributed by atoms with van der Waals surface area (Å²) in [4.78, 5) is 23.3. The lowest BCUT2D eigenvalue weighted by Crippen LogP contribution is -2.47. The molecule has 6 heteroatoms. The minimum Gasteiger partial charge on any atom is -0.361 e. The predicted molar refractivity (Wildman–Crippen MR) is 68.8 cm³/mol. The lowest BCUT2D eigenvalue weighted by Gasteiger charge is -2.36. The first-order valence-electron chi connectivity index (χ1n) is 5.97. The highest BCUT2D eigenvalue weighted by Crippen LogP contribution is 2.37. The molecule has 98 valence electrons. The van der Waals surface area contributed by atoms with Crippen molar-refractivity contribution in [3.63, 3.8) is 0 Å². The van der Waals surface area contributed by atoms with Gasteiger partial charge in [-0.2, -0.15) is 0 Å². The highest BCUT2D eigenvalue weighted by molar-refractivity contribution is 5.80. The fourth-order valence-corrected chi connectivity index (χ4v) is 2.60. The van der Waals surface area contributed by atoms with Crippen molar-refractivity contribution in [3.05, 3.63) is 34.8 Å². The molecular weight excluding hydrogens is 246 g/mol. The van der Waals surface area contributed by atoms with Crippen LogP contribution in [-0.2, 0) is 10.5 Å². The number of ketones is 1. The molecule has 1 atom stereocenters. The van der Waals surface area contributed by atoms with E-state index in [1.54, 1.807) is 6.92 Å². The third kappa shape index (κ3) is 1.68. The number of hydrogen-bond acceptors (Lipinski definition) is 5. The number of carbonyl (C=O) groups is 1. The van der Waals surface area contributed by atoms with E-state index >= 15 is 0 Å². The highest BCUT2D eigenvalue weighted by Gasteiger charge is 2.38. The molecule has 19 heavy (non-hydrogen) atoms. The van der Waals surface area contributed by atoms with Gasteiger partial charge in [0.05, 0.1) is 0 Å². The normalized spacial score (nSPS) is 20.3. The Morgan fingerprint density at radius 3 is 2.95 bits per heavy atom. The molecule has 0 spiro atoms. The monoisotopic (exact) mass is 259 g/mol. The van der Waals surface area contributed by atoms with Crippen LogP contribution in [0, 0.1) is 0 Å². The van der Waals surface area contributed by atoms with E-state index in [0.29, 0.717) is 5.82 Å². The molecule has 0 bridgehead atoms. The van der Waals surface area contributed by atoms with Crippen molar-refractivity contribution in [2.45, 2.75) is 25.9 Å². The average Bonchev–Trinajstić information content (AvgIpc) is 2.71. The van der Waals surface area contributed by atoms with Crippen molar-refractivity contribution in [1.82, 2.24) is 9.72 Å². The van der Waals surface area contributed by atoms with Crippen LogP contribution in [0.1, 0.15) is 20.3 Å². The van der Waals surface area contributed by atoms with Crippen molar-refractivity contribution in [1.29, 1.82) is 0 Å². The first kappa shape index (κ1) is 11.7. The van der Waals surface area contributed by atoms with E-state index in [4.69, 9.17) is 4.52 Å². The summed E-state index contributed by atoms with van der Waals surface area (Å²) in [6.07, 6.45) is 0.176. The number of fused-ring (bicyclic) bond motifs is 3. The van der Waals surface area contributed by atoms with Crippen molar-refractivity contribution in [2.24, 2.45) is 0 Å². The van der Waals surface area contributed by atoms with Crippen LogP contribution in [-0.4, -0.2) is 15.5 Å². The van der Waals surface area contributed by atoms with Gasteiger partial charge in [0, 0.05) is 17.7 Å². The molecule has 1 aliphatic heterocycles. The van der Waals surface area contributed by atoms with Gasteiger partial charge in [0.15, 0.2) is 5.82 Å². The maximum absolute atomic E-state index is 11.9. The molecule has 2 aromatic rings. The highest BCUT2D eigenvalue weighted by atomic mass is 16.5. The molecule has 3 rings (SSSR count). The number of hydrogen-bond donors (Lipinski definition) is 1. The summed E-state index contributed by atoms with van der Waals surface area (Å²) in [6.45, 7) is 3.28. The van der Waals surface area contributed by atoms with Crippen LogP contribution in [0.5, 0.6) is 0 Å². The van der Waals surface area contributed by atoms with Crippen molar-refractivity contribution in [3.8, 4) is 11.4 Å². The van der Waals surface area contributed by atoms with Gasteiger partial charge in [-0.25, -0.2) is 9.36 Å². The Balaban J connectivity index is 2.26. The molecule has 0 fully saturated rings. The second-order valence-electron chi connectivity index (χ2n) is 4.93. The third-order valence-electron chi connectivity index (χ3n) is 3.26. The summed E-state index contributed by atoms with van der Waals surface area (Å²) in [5.41, 5.74) is 0.765. The van der Waals surface area contributed by atoms with Crippen LogP contribution in [0.4, 0.5) is 5.69 Å². The summed E-state index contributed by atoms with van der Waals surface area (Å²) >= 11 is 0. The summed E-state index contributed by atoms with van der Waals surface area (Å²) in [7, 11) is 0. The van der Waals surface area contributed by atoms with Crippen molar-refractivity contribution < 1.29 is 9.32 Å². The number of nitrogens with zero attached hydrogens (tertiary/aromatic N) is 2. The maximum Gasteiger partial charge on any atom is 0.443 e. The maximum atomic E-state index is 11.9. The second kappa shape index (κ2) is 3.81. The molecule has 0 aliphatic carbocycles. The fourth-order valence-electron chi connectivity index (χ4n) is 2.60. The minimum absolute atomic E-state index is 0.0200. The Morgan fingerprint density at radius 1 is 1.47 bits per heavy atom. The van der Waals surface area contributed by atoms with Gasteiger partial charge in [0.25, 0.3) is 0 Å². The lowest BCUT2D eigenvalue weighted by atomic mass is 9.99. The molecular formula is C13H13N3O3. The zero-order valence-electron chi connectivity index (χ0n) is 10.6. The van der Waals surface area contributed by atoms with Gasteiger partial charge < -0.3 is 5.32 Å². The number of rotatable bonds is 2. The number of benzene rings is 1. The van der Waals surface area contributed by atoms with Gasteiger partial charge in [0.2, 0.25) is 0 Å². The first-order valence-corrected chi connectivity index (χ1v) is 5.97. The predicted octanol–water partition coefficient (Wildman–Crippen LogP) is 1.58. The van der Waals surface area contributed by atoms with Gasteiger partial charge in [-0.15, -0.1) is 0 Å². The van der Waals surface area contributed by atoms with E-state index in [-0.39, 0.29) is 12.2 Å². The molecule has 1 N–H and O–H groups in total. The SMILES string of the molecule is CC(=O)CC1(C)Nc2ccccc2-c2noc(=O)n21. The number of para-hydroxylation sites is 1. The number of Topliss-reactive ketones (excluding diaryl/α,β-unsaturated/α-hetero) is 1. The number of nitrogens with one attached hydrogen (secondary N) is 1. The lowest BCUT2D eigenvalue weighted by molar-refractivity contribution is -0.118. The van der Waals surface area contributed by atoms with Crippen LogP contribution >= 0.6 is 0 Å². The second-order valence-corrected chi connectivity index (χ2v) is 4.93. The van der Waals surface area contributed by atoms with Gasteiger partial charge >= 0.3 is 5.76 Å². The van der Waals surface area contributed by atoms with E-state index in [1.807, 2.05) is 24.3 Å². The van der Waals surface area contributed by atoms with Crippen LogP contribution in [0.25, 0.3) is 11.4 Å². The number of anilines is 1. The van der Waals surface area contributed by atoms with E-state index in [9.17, 15) is 9.59 Å². The molecule has 1 aliphatic rings. The standard InChI is InChI=1S/C13H13N3O3/c1-8(17)7-13(2)14-10-6-4-3-5-9(10)11-15-19-12(18)16(11)13/h3-6,14H,7H2,1-2H3. The number of carbonyl (C=O) groups excluding carboxylic acids is 1. The van der Waals surface area contributed by atoms with Crippen molar-refractivity contribution in [2.75, 3.05) is 5.32 Å². The van der Waals surface area contributed by atoms with Crippen LogP contribution < -0.4 is 11.1 Å². The third-order valence-corrected chi connectivity index (χ3v) is 3.26. The van der Waals surface area contributed by atoms with Gasteiger partial charge in [0.1, 0.15) is 11.4 Å². The smallest absolute Gasteiger partial charge is 0.361 e. The Bertz CT molecular complexity index is 716. The quantitative estimate of drug-likeness (QED) is 0.886. The minimum atomic E-state index is -0.855. The molecule has 0 saturated carbocycles. The largest absolute Gasteiger partial charge is 0.443 e. The zero-order chi connectivity index (χ0) is 13.6. The van der Waals surface area contributed by atoms with Crippen LogP contribution in [0.15, 0.2) is 33.6 Å². The molecule has 6 nitrogen and oxygen atoms in total. The summed E-state index contributed by atoms with van der Waals surface area (Å²) in [6, 6.07) is 7.48. The van der Waals surface area contributed by atoms with E-state index in [0.717, 1.165) is 11.3 Å². The fraction of sp³-hybridized carbons (Fsp3) is 0.308. The zero-order valence-corrected chi connectivity index (χ0v) is 10.6. The molecule has 0 amide bonds. The summed E-state index contributed by atoms with van der Waals surface area (Å²) < 4.78 is 6.16. The Hall–Kier alpha value is -2.37. The van der Waals surface area contributed by atoms with E-state index in [1.165, 1.54) is 11.5 Å². The summed E-state index contributed by atoms with van der Waals surface area (Å²) in [5.74, 6) is -0.141. The Labute approximate surface area is 109 Å². The molecule has 1 unspecified atom stereocenters. The summed E-state index contributed by atoms with van der Waals surface area (Å²) in [5, 5.41) is 7.05. The van der Waals surface area contributed by atoms with Crippen LogP contribution in [0.2, 0.25) is 0 Å².